The van der Waals surface area contributed by atoms with Crippen LogP contribution in [0.2, 0.25) is 0 Å². The molecule has 4 unspecified atom stereocenters. The van der Waals surface area contributed by atoms with Crippen LogP contribution in [0.1, 0.15) is 258 Å². The lowest BCUT2D eigenvalue weighted by Gasteiger charge is -2.27. The predicted molar refractivity (Wildman–Crippen MR) is 251 cm³/mol. The topological polar surface area (TPSA) is 110 Å². The first kappa shape index (κ1) is 56.5. The second-order valence-electron chi connectivity index (χ2n) is 17.5. The second kappa shape index (κ2) is 46.6. The van der Waals surface area contributed by atoms with Crippen LogP contribution in [0.15, 0.2) is 36.5 Å². The highest BCUT2D eigenvalue weighted by molar-refractivity contribution is 5.80. The maximum absolute atomic E-state index is 12.5. The zero-order valence-corrected chi connectivity index (χ0v) is 38.5. The zero-order chi connectivity index (χ0) is 42.4. The van der Waals surface area contributed by atoms with Crippen molar-refractivity contribution in [2.75, 3.05) is 6.61 Å². The molecule has 5 N–H and O–H groups in total. The molecule has 0 heterocycles. The van der Waals surface area contributed by atoms with Crippen LogP contribution >= 0.6 is 0 Å². The SMILES string of the molecule is CCCCCCCCCCCCC/C=C\CCCCCCCCC(O)C(=O)NC(CO)C(O)C(O)CCC/C=C/CC/C=C/CCCCCCCCCCCCCC. The number of aliphatic hydroxyl groups is 4. The molecule has 0 aromatic rings. The van der Waals surface area contributed by atoms with E-state index in [0.29, 0.717) is 19.3 Å². The van der Waals surface area contributed by atoms with Gasteiger partial charge in [0.05, 0.1) is 18.8 Å². The second-order valence-corrected chi connectivity index (χ2v) is 17.5. The van der Waals surface area contributed by atoms with E-state index in [4.69, 9.17) is 0 Å². The van der Waals surface area contributed by atoms with Crippen LogP contribution in [-0.4, -0.2) is 57.3 Å². The maximum Gasteiger partial charge on any atom is 0.249 e. The van der Waals surface area contributed by atoms with E-state index in [1.54, 1.807) is 0 Å². The Balaban J connectivity index is 3.75. The number of nitrogens with one attached hydrogen (secondary N) is 1. The third-order valence-corrected chi connectivity index (χ3v) is 11.8. The minimum atomic E-state index is -1.29. The standard InChI is InChI=1S/C52H99NO5/c1-3-5-7-9-11-13-15-17-19-21-23-25-27-29-31-33-35-37-39-41-43-45-49(55)51(57)48(47-54)53-52(58)50(56)46-44-42-40-38-36-34-32-30-28-26-24-22-20-18-16-14-12-10-8-6-4-2/h28-31,37,39,48-51,54-57H,3-27,32-36,38,40-47H2,1-2H3,(H,53,58)/b30-28-,31-29+,39-37+. The van der Waals surface area contributed by atoms with E-state index in [-0.39, 0.29) is 0 Å². The number of aliphatic hydroxyl groups excluding tert-OH is 4. The van der Waals surface area contributed by atoms with E-state index >= 15 is 0 Å². The average molecular weight is 818 g/mol. The van der Waals surface area contributed by atoms with Gasteiger partial charge in [0.15, 0.2) is 0 Å². The Kier molecular flexibility index (Phi) is 45.4. The number of hydrogen-bond donors (Lipinski definition) is 5. The van der Waals surface area contributed by atoms with Gasteiger partial charge in [-0.25, -0.2) is 0 Å². The number of rotatable bonds is 46. The molecule has 0 aliphatic rings. The summed E-state index contributed by atoms with van der Waals surface area (Å²) in [6.07, 6.45) is 56.2. The molecule has 0 aliphatic carbocycles. The monoisotopic (exact) mass is 818 g/mol. The van der Waals surface area contributed by atoms with Crippen LogP contribution in [0.25, 0.3) is 0 Å². The molecule has 0 saturated carbocycles. The molecule has 1 amide bonds. The minimum absolute atomic E-state index is 0.353. The summed E-state index contributed by atoms with van der Waals surface area (Å²) in [7, 11) is 0. The van der Waals surface area contributed by atoms with Crippen molar-refractivity contribution >= 4 is 5.91 Å². The molecular formula is C52H99NO5. The molecule has 0 spiro atoms. The van der Waals surface area contributed by atoms with Gasteiger partial charge in [-0.15, -0.1) is 0 Å². The van der Waals surface area contributed by atoms with E-state index in [9.17, 15) is 25.2 Å². The third kappa shape index (κ3) is 40.0. The first-order chi connectivity index (χ1) is 28.5. The zero-order valence-electron chi connectivity index (χ0n) is 38.5. The number of amides is 1. The van der Waals surface area contributed by atoms with Crippen molar-refractivity contribution in [2.24, 2.45) is 0 Å². The van der Waals surface area contributed by atoms with Gasteiger partial charge < -0.3 is 25.7 Å². The number of allylic oxidation sites excluding steroid dienone is 6. The summed E-state index contributed by atoms with van der Waals surface area (Å²) < 4.78 is 0. The molecule has 0 fully saturated rings. The lowest BCUT2D eigenvalue weighted by Crippen LogP contribution is -2.53. The van der Waals surface area contributed by atoms with Gasteiger partial charge in [0.25, 0.3) is 0 Å². The number of unbranched alkanes of at least 4 members (excludes halogenated alkanes) is 31. The molecule has 6 nitrogen and oxygen atoms in total. The Bertz CT molecular complexity index is 919. The van der Waals surface area contributed by atoms with Gasteiger partial charge in [0.2, 0.25) is 5.91 Å². The number of carbonyl (C=O) groups is 1. The Morgan fingerprint density at radius 1 is 0.414 bits per heavy atom. The van der Waals surface area contributed by atoms with Crippen molar-refractivity contribution in [3.63, 3.8) is 0 Å². The molecule has 0 aromatic heterocycles. The highest BCUT2D eigenvalue weighted by atomic mass is 16.3. The summed E-state index contributed by atoms with van der Waals surface area (Å²) in [4.78, 5) is 12.5. The Labute approximate surface area is 360 Å². The highest BCUT2D eigenvalue weighted by Gasteiger charge is 2.28. The van der Waals surface area contributed by atoms with Crippen molar-refractivity contribution in [1.82, 2.24) is 5.32 Å². The van der Waals surface area contributed by atoms with Gasteiger partial charge in [-0.3, -0.25) is 4.79 Å². The Morgan fingerprint density at radius 3 is 1.09 bits per heavy atom. The first-order valence-corrected chi connectivity index (χ1v) is 25.4. The summed E-state index contributed by atoms with van der Waals surface area (Å²) in [5, 5.41) is 43.8. The molecular weight excluding hydrogens is 719 g/mol. The van der Waals surface area contributed by atoms with Gasteiger partial charge in [-0.1, -0.05) is 217 Å². The summed E-state index contributed by atoms with van der Waals surface area (Å²) in [6, 6.07) is -1.01. The summed E-state index contributed by atoms with van der Waals surface area (Å²) in [6.45, 7) is 4.05. The van der Waals surface area contributed by atoms with E-state index in [1.807, 2.05) is 0 Å². The van der Waals surface area contributed by atoms with Crippen LogP contribution in [-0.2, 0) is 4.79 Å². The molecule has 0 radical (unpaired) electrons. The number of carbonyl (C=O) groups excluding carboxylic acids is 1. The van der Waals surface area contributed by atoms with Crippen LogP contribution in [0.4, 0.5) is 0 Å². The van der Waals surface area contributed by atoms with Crippen LogP contribution < -0.4 is 5.32 Å². The lowest BCUT2D eigenvalue weighted by molar-refractivity contribution is -0.132. The van der Waals surface area contributed by atoms with E-state index in [0.717, 1.165) is 51.4 Å². The highest BCUT2D eigenvalue weighted by Crippen LogP contribution is 2.16. The third-order valence-electron chi connectivity index (χ3n) is 11.8. The van der Waals surface area contributed by atoms with Gasteiger partial charge >= 0.3 is 0 Å². The molecule has 0 rings (SSSR count). The molecule has 0 saturated heterocycles. The Hall–Kier alpha value is -1.47. The molecule has 0 bridgehead atoms. The first-order valence-electron chi connectivity index (χ1n) is 25.4. The van der Waals surface area contributed by atoms with Gasteiger partial charge in [-0.2, -0.15) is 0 Å². The quantitative estimate of drug-likeness (QED) is 0.0310. The minimum Gasteiger partial charge on any atom is -0.394 e. The van der Waals surface area contributed by atoms with Gasteiger partial charge in [-0.05, 0) is 77.0 Å². The van der Waals surface area contributed by atoms with Crippen molar-refractivity contribution in [1.29, 1.82) is 0 Å². The smallest absolute Gasteiger partial charge is 0.249 e. The van der Waals surface area contributed by atoms with E-state index in [2.05, 4.69) is 55.6 Å². The predicted octanol–water partition coefficient (Wildman–Crippen LogP) is 14.1. The molecule has 0 aromatic carbocycles. The van der Waals surface area contributed by atoms with Crippen molar-refractivity contribution in [2.45, 2.75) is 282 Å². The van der Waals surface area contributed by atoms with Crippen LogP contribution in [0.5, 0.6) is 0 Å². The molecule has 4 atom stereocenters. The van der Waals surface area contributed by atoms with E-state index in [1.165, 1.54) is 173 Å². The fraction of sp³-hybridized carbons (Fsp3) is 0.865. The maximum atomic E-state index is 12.5. The molecule has 342 valence electrons. The van der Waals surface area contributed by atoms with Crippen LogP contribution in [0, 0.1) is 0 Å². The van der Waals surface area contributed by atoms with Gasteiger partial charge in [0.1, 0.15) is 12.2 Å². The molecule has 6 heteroatoms. The Morgan fingerprint density at radius 2 is 0.724 bits per heavy atom. The fourth-order valence-corrected chi connectivity index (χ4v) is 7.77. The number of hydrogen-bond acceptors (Lipinski definition) is 5. The lowest BCUT2D eigenvalue weighted by atomic mass is 10.00. The van der Waals surface area contributed by atoms with Crippen LogP contribution in [0.3, 0.4) is 0 Å². The van der Waals surface area contributed by atoms with Gasteiger partial charge in [0, 0.05) is 0 Å². The summed E-state index contributed by atoms with van der Waals surface area (Å²) in [5.74, 6) is -0.601. The summed E-state index contributed by atoms with van der Waals surface area (Å²) >= 11 is 0. The fourth-order valence-electron chi connectivity index (χ4n) is 7.77. The molecule has 58 heavy (non-hydrogen) atoms. The van der Waals surface area contributed by atoms with Crippen molar-refractivity contribution < 1.29 is 25.2 Å². The average Bonchev–Trinajstić information content (AvgIpc) is 3.23. The largest absolute Gasteiger partial charge is 0.394 e. The molecule has 0 aliphatic heterocycles. The normalized spacial score (nSPS) is 14.2. The van der Waals surface area contributed by atoms with E-state index < -0.39 is 36.9 Å². The summed E-state index contributed by atoms with van der Waals surface area (Å²) in [5.41, 5.74) is 0. The van der Waals surface area contributed by atoms with Crippen molar-refractivity contribution in [3.05, 3.63) is 36.5 Å². The van der Waals surface area contributed by atoms with Crippen molar-refractivity contribution in [3.8, 4) is 0 Å².